The maximum atomic E-state index is 2.37. The van der Waals surface area contributed by atoms with E-state index in [4.69, 9.17) is 0 Å². The Balaban J connectivity index is 1.73. The summed E-state index contributed by atoms with van der Waals surface area (Å²) in [6, 6.07) is 38.1. The molecule has 0 spiro atoms. The van der Waals surface area contributed by atoms with Gasteiger partial charge < -0.3 is 0 Å². The molecule has 0 aliphatic rings. The maximum absolute atomic E-state index is 2.37. The third kappa shape index (κ3) is 2.15. The van der Waals surface area contributed by atoms with Crippen molar-refractivity contribution in [2.24, 2.45) is 0 Å². The lowest BCUT2D eigenvalue weighted by atomic mass is 10.0. The molecule has 0 fully saturated rings. The van der Waals surface area contributed by atoms with E-state index in [1.165, 1.54) is 56.0 Å². The van der Waals surface area contributed by atoms with Gasteiger partial charge in [0, 0.05) is 52.2 Å². The van der Waals surface area contributed by atoms with Gasteiger partial charge in [0.05, 0.1) is 0 Å². The predicted octanol–water partition coefficient (Wildman–Crippen LogP) is 9.25. The minimum Gasteiger partial charge on any atom is -0.135 e. The summed E-state index contributed by atoms with van der Waals surface area (Å²) >= 11 is 1.92. The molecule has 30 heavy (non-hydrogen) atoms. The first-order valence-electron chi connectivity index (χ1n) is 10.2. The zero-order valence-corrected chi connectivity index (χ0v) is 17.8. The molecular weight excluding hydrogens is 400 g/mol. The van der Waals surface area contributed by atoms with E-state index in [2.05, 4.69) is 103 Å². The van der Waals surface area contributed by atoms with E-state index < -0.39 is 0 Å². The molecule has 0 bridgehead atoms. The Labute approximate surface area is 180 Å². The van der Waals surface area contributed by atoms with Gasteiger partial charge in [-0.2, -0.15) is 0 Å². The molecular formula is C28H17S2+. The van der Waals surface area contributed by atoms with Gasteiger partial charge in [-0.3, -0.25) is 0 Å². The SMILES string of the molecule is c1ccc(-[s+]2c3ccccc3c3ccc4c(ccc5c6ccccc6sc54)c32)cc1. The Morgan fingerprint density at radius 2 is 1.07 bits per heavy atom. The molecule has 2 heteroatoms. The van der Waals surface area contributed by atoms with E-state index in [-0.39, 0.29) is 10.5 Å². The highest BCUT2D eigenvalue weighted by Gasteiger charge is 2.26. The quantitative estimate of drug-likeness (QED) is 0.233. The van der Waals surface area contributed by atoms with Crippen LogP contribution in [0.5, 0.6) is 0 Å². The summed E-state index contributed by atoms with van der Waals surface area (Å²) in [5.41, 5.74) is 0. The Hall–Kier alpha value is -3.20. The van der Waals surface area contributed by atoms with Crippen LogP contribution in [0.25, 0.3) is 56.0 Å². The van der Waals surface area contributed by atoms with Crippen molar-refractivity contribution in [2.45, 2.75) is 0 Å². The van der Waals surface area contributed by atoms with E-state index in [9.17, 15) is 0 Å². The number of benzene rings is 5. The Morgan fingerprint density at radius 1 is 0.467 bits per heavy atom. The third-order valence-electron chi connectivity index (χ3n) is 6.07. The first kappa shape index (κ1) is 16.6. The van der Waals surface area contributed by atoms with E-state index >= 15 is 0 Å². The van der Waals surface area contributed by atoms with Crippen molar-refractivity contribution in [1.82, 2.24) is 0 Å². The molecule has 1 unspecified atom stereocenters. The van der Waals surface area contributed by atoms with Gasteiger partial charge in [0.25, 0.3) is 0 Å². The number of hydrogen-bond acceptors (Lipinski definition) is 1. The zero-order chi connectivity index (χ0) is 19.7. The van der Waals surface area contributed by atoms with Crippen molar-refractivity contribution in [3.63, 3.8) is 0 Å². The lowest BCUT2D eigenvalue weighted by molar-refractivity contribution is 1.76. The van der Waals surface area contributed by atoms with Gasteiger partial charge >= 0.3 is 0 Å². The van der Waals surface area contributed by atoms with E-state index in [1.54, 1.807) is 0 Å². The van der Waals surface area contributed by atoms with Crippen LogP contribution in [0.1, 0.15) is 0 Å². The summed E-state index contributed by atoms with van der Waals surface area (Å²) in [7, 11) is -0.0712. The van der Waals surface area contributed by atoms with Crippen LogP contribution in [0.2, 0.25) is 0 Å². The van der Waals surface area contributed by atoms with Crippen LogP contribution in [0, 0.1) is 0 Å². The molecule has 7 aromatic rings. The third-order valence-corrected chi connectivity index (χ3v) is 9.68. The van der Waals surface area contributed by atoms with Crippen LogP contribution in [-0.2, 0) is 0 Å². The molecule has 7 rings (SSSR count). The highest BCUT2D eigenvalue weighted by atomic mass is 32.2. The van der Waals surface area contributed by atoms with Gasteiger partial charge in [-0.25, -0.2) is 0 Å². The van der Waals surface area contributed by atoms with Gasteiger partial charge in [0.1, 0.15) is 0 Å². The van der Waals surface area contributed by atoms with Crippen LogP contribution in [0.15, 0.2) is 103 Å². The fraction of sp³-hybridized carbons (Fsp3) is 0. The molecule has 0 aliphatic carbocycles. The molecule has 2 heterocycles. The fourth-order valence-corrected chi connectivity index (χ4v) is 8.55. The summed E-state index contributed by atoms with van der Waals surface area (Å²) < 4.78 is 5.71. The van der Waals surface area contributed by atoms with Crippen LogP contribution in [0.3, 0.4) is 0 Å². The van der Waals surface area contributed by atoms with Gasteiger partial charge in [-0.05, 0) is 42.5 Å². The topological polar surface area (TPSA) is 0 Å². The smallest absolute Gasteiger partial charge is 0.135 e. The highest BCUT2D eigenvalue weighted by molar-refractivity contribution is 7.51. The van der Waals surface area contributed by atoms with Gasteiger partial charge in [0.2, 0.25) is 0 Å². The molecule has 0 saturated heterocycles. The Morgan fingerprint density at radius 3 is 1.90 bits per heavy atom. The summed E-state index contributed by atoms with van der Waals surface area (Å²) in [4.78, 5) is 1.40. The van der Waals surface area contributed by atoms with Crippen molar-refractivity contribution >= 4 is 72.9 Å². The Bertz CT molecular complexity index is 1730. The molecule has 0 radical (unpaired) electrons. The van der Waals surface area contributed by atoms with Crippen molar-refractivity contribution in [3.8, 4) is 4.90 Å². The maximum Gasteiger partial charge on any atom is 0.195 e. The molecule has 0 N–H and O–H groups in total. The lowest BCUT2D eigenvalue weighted by Crippen LogP contribution is -1.76. The molecule has 1 atom stereocenters. The van der Waals surface area contributed by atoms with Crippen LogP contribution < -0.4 is 0 Å². The molecule has 140 valence electrons. The number of thiophene rings is 2. The molecule has 0 nitrogen and oxygen atoms in total. The summed E-state index contributed by atoms with van der Waals surface area (Å²) in [5.74, 6) is 0. The van der Waals surface area contributed by atoms with Crippen molar-refractivity contribution in [1.29, 1.82) is 0 Å². The molecule has 2 aromatic heterocycles. The van der Waals surface area contributed by atoms with Crippen molar-refractivity contribution in [3.05, 3.63) is 103 Å². The van der Waals surface area contributed by atoms with E-state index in [0.29, 0.717) is 0 Å². The highest BCUT2D eigenvalue weighted by Crippen LogP contribution is 2.52. The molecule has 5 aromatic carbocycles. The fourth-order valence-electron chi connectivity index (χ4n) is 4.77. The van der Waals surface area contributed by atoms with Gasteiger partial charge in [0.15, 0.2) is 14.3 Å². The van der Waals surface area contributed by atoms with Crippen molar-refractivity contribution < 1.29 is 0 Å². The van der Waals surface area contributed by atoms with E-state index in [0.717, 1.165) is 0 Å². The van der Waals surface area contributed by atoms with Crippen LogP contribution in [-0.4, -0.2) is 0 Å². The number of hydrogen-bond donors (Lipinski definition) is 0. The zero-order valence-electron chi connectivity index (χ0n) is 16.1. The van der Waals surface area contributed by atoms with Crippen molar-refractivity contribution in [2.75, 3.05) is 0 Å². The minimum atomic E-state index is -0.0712. The van der Waals surface area contributed by atoms with E-state index in [1.807, 2.05) is 11.3 Å². The average Bonchev–Trinajstić information content (AvgIpc) is 3.36. The standard InChI is InChI=1S/C28H17S2/c1-2-8-18(9-3-1)30-26-13-7-5-11-20(26)23-16-15-22-24(28(23)30)17-14-21-19-10-4-6-12-25(19)29-27(21)22/h1-17H/q+1. The summed E-state index contributed by atoms with van der Waals surface area (Å²) in [5, 5.41) is 8.30. The second kappa shape index (κ2) is 6.15. The van der Waals surface area contributed by atoms with Gasteiger partial charge in [-0.15, -0.1) is 11.3 Å². The first-order valence-corrected chi connectivity index (χ1v) is 12.2. The second-order valence-electron chi connectivity index (χ2n) is 7.69. The molecule has 0 saturated carbocycles. The predicted molar refractivity (Wildman–Crippen MR) is 136 cm³/mol. The minimum absolute atomic E-state index is 0.0712. The summed E-state index contributed by atoms with van der Waals surface area (Å²) in [6.45, 7) is 0. The largest absolute Gasteiger partial charge is 0.195 e. The summed E-state index contributed by atoms with van der Waals surface area (Å²) in [6.07, 6.45) is 0. The normalized spacial score (nSPS) is 12.6. The first-order chi connectivity index (χ1) is 14.9. The van der Waals surface area contributed by atoms with Crippen LogP contribution in [0.4, 0.5) is 0 Å². The second-order valence-corrected chi connectivity index (χ2v) is 10.7. The molecule has 0 aliphatic heterocycles. The van der Waals surface area contributed by atoms with Gasteiger partial charge in [-0.1, -0.05) is 60.7 Å². The lowest BCUT2D eigenvalue weighted by Gasteiger charge is -2.01. The molecule has 0 amide bonds. The average molecular weight is 418 g/mol. The Kier molecular flexibility index (Phi) is 3.40. The van der Waals surface area contributed by atoms with Crippen LogP contribution >= 0.6 is 21.8 Å². The number of rotatable bonds is 1. The monoisotopic (exact) mass is 417 g/mol. The number of fused-ring (bicyclic) bond motifs is 9.